The number of ether oxygens (including phenoxy) is 1. The SMILES string of the molecule is CCOC(=O)Nc1ccc(NC(=O)C2CCNCC2)cc1. The molecule has 114 valence electrons. The summed E-state index contributed by atoms with van der Waals surface area (Å²) in [7, 11) is 0. The van der Waals surface area contributed by atoms with Crippen LogP contribution in [0.3, 0.4) is 0 Å². The Morgan fingerprint density at radius 1 is 1.14 bits per heavy atom. The molecule has 0 aromatic heterocycles. The van der Waals surface area contributed by atoms with E-state index in [1.807, 2.05) is 0 Å². The highest BCUT2D eigenvalue weighted by Crippen LogP contribution is 2.17. The molecule has 6 nitrogen and oxygen atoms in total. The Kier molecular flexibility index (Phi) is 5.57. The minimum atomic E-state index is -0.482. The first kappa shape index (κ1) is 15.3. The molecule has 0 saturated carbocycles. The fourth-order valence-corrected chi connectivity index (χ4v) is 2.25. The van der Waals surface area contributed by atoms with Crippen LogP contribution >= 0.6 is 0 Å². The Morgan fingerprint density at radius 3 is 2.29 bits per heavy atom. The van der Waals surface area contributed by atoms with Crippen molar-refractivity contribution in [2.24, 2.45) is 5.92 Å². The molecular formula is C15H21N3O3. The smallest absolute Gasteiger partial charge is 0.411 e. The van der Waals surface area contributed by atoms with Crippen LogP contribution in [0, 0.1) is 5.92 Å². The van der Waals surface area contributed by atoms with Gasteiger partial charge < -0.3 is 15.4 Å². The van der Waals surface area contributed by atoms with E-state index in [2.05, 4.69) is 16.0 Å². The Morgan fingerprint density at radius 2 is 1.71 bits per heavy atom. The number of piperidine rings is 1. The van der Waals surface area contributed by atoms with Gasteiger partial charge >= 0.3 is 6.09 Å². The van der Waals surface area contributed by atoms with Crippen molar-refractivity contribution in [3.8, 4) is 0 Å². The summed E-state index contributed by atoms with van der Waals surface area (Å²) in [5.41, 5.74) is 1.36. The number of carbonyl (C=O) groups excluding carboxylic acids is 2. The quantitative estimate of drug-likeness (QED) is 0.794. The molecule has 0 bridgehead atoms. The first-order chi connectivity index (χ1) is 10.2. The maximum atomic E-state index is 12.1. The molecule has 3 N–H and O–H groups in total. The zero-order valence-corrected chi connectivity index (χ0v) is 12.1. The van der Waals surface area contributed by atoms with Gasteiger partial charge in [-0.2, -0.15) is 0 Å². The Labute approximate surface area is 124 Å². The average Bonchev–Trinajstić information content (AvgIpc) is 2.50. The summed E-state index contributed by atoms with van der Waals surface area (Å²) in [6.45, 7) is 3.86. The zero-order valence-electron chi connectivity index (χ0n) is 12.1. The minimum absolute atomic E-state index is 0.0580. The van der Waals surface area contributed by atoms with Gasteiger partial charge in [0.05, 0.1) is 6.61 Å². The van der Waals surface area contributed by atoms with Crippen molar-refractivity contribution in [1.82, 2.24) is 5.32 Å². The number of hydrogen-bond donors (Lipinski definition) is 3. The maximum Gasteiger partial charge on any atom is 0.411 e. The third-order valence-electron chi connectivity index (χ3n) is 3.38. The van der Waals surface area contributed by atoms with Crippen molar-refractivity contribution in [2.45, 2.75) is 19.8 Å². The van der Waals surface area contributed by atoms with E-state index in [1.54, 1.807) is 31.2 Å². The molecule has 0 radical (unpaired) electrons. The van der Waals surface area contributed by atoms with Crippen molar-refractivity contribution in [2.75, 3.05) is 30.3 Å². The number of nitrogens with one attached hydrogen (secondary N) is 3. The van der Waals surface area contributed by atoms with E-state index in [0.29, 0.717) is 12.3 Å². The second kappa shape index (κ2) is 7.64. The summed E-state index contributed by atoms with van der Waals surface area (Å²) in [5.74, 6) is 0.131. The van der Waals surface area contributed by atoms with Gasteiger partial charge in [0.25, 0.3) is 0 Å². The van der Waals surface area contributed by atoms with Crippen LogP contribution in [0.25, 0.3) is 0 Å². The highest BCUT2D eigenvalue weighted by molar-refractivity contribution is 5.93. The van der Waals surface area contributed by atoms with Crippen LogP contribution in [0.15, 0.2) is 24.3 Å². The van der Waals surface area contributed by atoms with E-state index >= 15 is 0 Å². The molecule has 1 aromatic carbocycles. The predicted octanol–water partition coefficient (Wildman–Crippen LogP) is 2.19. The van der Waals surface area contributed by atoms with Crippen LogP contribution in [0.1, 0.15) is 19.8 Å². The summed E-state index contributed by atoms with van der Waals surface area (Å²) >= 11 is 0. The van der Waals surface area contributed by atoms with Gasteiger partial charge in [0, 0.05) is 17.3 Å². The fourth-order valence-electron chi connectivity index (χ4n) is 2.25. The molecule has 21 heavy (non-hydrogen) atoms. The standard InChI is InChI=1S/C15H21N3O3/c1-2-21-15(20)18-13-5-3-12(4-6-13)17-14(19)11-7-9-16-10-8-11/h3-6,11,16H,2,7-10H2,1H3,(H,17,19)(H,18,20). The van der Waals surface area contributed by atoms with Crippen LogP contribution in [0.5, 0.6) is 0 Å². The van der Waals surface area contributed by atoms with Gasteiger partial charge in [-0.05, 0) is 57.1 Å². The van der Waals surface area contributed by atoms with Crippen molar-refractivity contribution in [1.29, 1.82) is 0 Å². The number of rotatable bonds is 4. The lowest BCUT2D eigenvalue weighted by atomic mass is 9.97. The predicted molar refractivity (Wildman–Crippen MR) is 81.3 cm³/mol. The first-order valence-electron chi connectivity index (χ1n) is 7.24. The highest BCUT2D eigenvalue weighted by Gasteiger charge is 2.20. The van der Waals surface area contributed by atoms with E-state index in [0.717, 1.165) is 31.6 Å². The number of benzene rings is 1. The second-order valence-electron chi connectivity index (χ2n) is 4.94. The third kappa shape index (κ3) is 4.75. The number of anilines is 2. The first-order valence-corrected chi connectivity index (χ1v) is 7.24. The van der Waals surface area contributed by atoms with E-state index in [-0.39, 0.29) is 11.8 Å². The third-order valence-corrected chi connectivity index (χ3v) is 3.38. The highest BCUT2D eigenvalue weighted by atomic mass is 16.5. The lowest BCUT2D eigenvalue weighted by molar-refractivity contribution is -0.120. The van der Waals surface area contributed by atoms with Crippen molar-refractivity contribution >= 4 is 23.4 Å². The molecule has 1 aromatic rings. The van der Waals surface area contributed by atoms with Crippen molar-refractivity contribution < 1.29 is 14.3 Å². The van der Waals surface area contributed by atoms with Gasteiger partial charge in [0.15, 0.2) is 0 Å². The molecule has 6 heteroatoms. The van der Waals surface area contributed by atoms with Crippen LogP contribution in [-0.4, -0.2) is 31.7 Å². The summed E-state index contributed by atoms with van der Waals surface area (Å²) < 4.78 is 4.79. The summed E-state index contributed by atoms with van der Waals surface area (Å²) in [4.78, 5) is 23.4. The Bertz CT molecular complexity index is 481. The van der Waals surface area contributed by atoms with Gasteiger partial charge in [-0.1, -0.05) is 0 Å². The molecule has 1 fully saturated rings. The normalized spacial score (nSPS) is 15.3. The summed E-state index contributed by atoms with van der Waals surface area (Å²) in [6, 6.07) is 6.99. The van der Waals surface area contributed by atoms with E-state index in [4.69, 9.17) is 4.74 Å². The molecule has 2 amide bonds. The van der Waals surface area contributed by atoms with Crippen molar-refractivity contribution in [3.63, 3.8) is 0 Å². The Hall–Kier alpha value is -2.08. The molecule has 0 aliphatic carbocycles. The van der Waals surface area contributed by atoms with Crippen LogP contribution in [-0.2, 0) is 9.53 Å². The molecule has 0 unspecified atom stereocenters. The topological polar surface area (TPSA) is 79.5 Å². The van der Waals surface area contributed by atoms with Crippen molar-refractivity contribution in [3.05, 3.63) is 24.3 Å². The van der Waals surface area contributed by atoms with Gasteiger partial charge in [-0.3, -0.25) is 10.1 Å². The molecule has 0 atom stereocenters. The maximum absolute atomic E-state index is 12.1. The van der Waals surface area contributed by atoms with Crippen LogP contribution in [0.2, 0.25) is 0 Å². The Balaban J connectivity index is 1.86. The summed E-state index contributed by atoms with van der Waals surface area (Å²) in [6.07, 6.45) is 1.26. The largest absolute Gasteiger partial charge is 0.450 e. The van der Waals surface area contributed by atoms with E-state index < -0.39 is 6.09 Å². The molecule has 2 rings (SSSR count). The van der Waals surface area contributed by atoms with Gasteiger partial charge in [-0.25, -0.2) is 4.79 Å². The molecule has 1 saturated heterocycles. The summed E-state index contributed by atoms with van der Waals surface area (Å²) in [5, 5.41) is 8.75. The molecule has 1 aliphatic heterocycles. The minimum Gasteiger partial charge on any atom is -0.450 e. The lowest BCUT2D eigenvalue weighted by Gasteiger charge is -2.21. The molecule has 0 spiro atoms. The molecule has 1 aliphatic rings. The van der Waals surface area contributed by atoms with Gasteiger partial charge in [0.1, 0.15) is 0 Å². The van der Waals surface area contributed by atoms with Crippen LogP contribution < -0.4 is 16.0 Å². The van der Waals surface area contributed by atoms with Gasteiger partial charge in [0.2, 0.25) is 5.91 Å². The molecule has 1 heterocycles. The number of amides is 2. The molecular weight excluding hydrogens is 270 g/mol. The number of hydrogen-bond acceptors (Lipinski definition) is 4. The van der Waals surface area contributed by atoms with E-state index in [9.17, 15) is 9.59 Å². The fraction of sp³-hybridized carbons (Fsp3) is 0.467. The second-order valence-corrected chi connectivity index (χ2v) is 4.94. The van der Waals surface area contributed by atoms with E-state index in [1.165, 1.54) is 0 Å². The van der Waals surface area contributed by atoms with Gasteiger partial charge in [-0.15, -0.1) is 0 Å². The zero-order chi connectivity index (χ0) is 15.1. The monoisotopic (exact) mass is 291 g/mol. The lowest BCUT2D eigenvalue weighted by Crippen LogP contribution is -2.34. The van der Waals surface area contributed by atoms with Crippen LogP contribution in [0.4, 0.5) is 16.2 Å². The average molecular weight is 291 g/mol. The number of carbonyl (C=O) groups is 2.